The Morgan fingerprint density at radius 1 is 1.22 bits per heavy atom. The van der Waals surface area contributed by atoms with Crippen LogP contribution in [-0.2, 0) is 12.6 Å². The summed E-state index contributed by atoms with van der Waals surface area (Å²) in [5.41, 5.74) is 4.90. The van der Waals surface area contributed by atoms with Crippen molar-refractivity contribution in [2.45, 2.75) is 44.2 Å². The van der Waals surface area contributed by atoms with Gasteiger partial charge in [-0.15, -0.1) is 0 Å². The summed E-state index contributed by atoms with van der Waals surface area (Å²) in [5.74, 6) is -2.78. The molecule has 0 saturated heterocycles. The summed E-state index contributed by atoms with van der Waals surface area (Å²) in [6, 6.07) is 4.47. The molecule has 2 aromatic rings. The predicted octanol–water partition coefficient (Wildman–Crippen LogP) is 4.30. The fourth-order valence-electron chi connectivity index (χ4n) is 3.17. The molecule has 3 nitrogen and oxygen atoms in total. The average Bonchev–Trinajstić information content (AvgIpc) is 2.81. The van der Waals surface area contributed by atoms with Crippen molar-refractivity contribution in [2.24, 2.45) is 5.92 Å². The van der Waals surface area contributed by atoms with Crippen molar-refractivity contribution in [3.63, 3.8) is 0 Å². The number of hydrogen-bond donors (Lipinski definition) is 1. The minimum absolute atomic E-state index is 0.0409. The van der Waals surface area contributed by atoms with Crippen LogP contribution < -0.4 is 5.73 Å². The molecule has 0 aliphatic heterocycles. The van der Waals surface area contributed by atoms with Gasteiger partial charge in [-0.2, -0.15) is 13.2 Å². The number of alkyl halides is 5. The molecule has 0 amide bonds. The lowest BCUT2D eigenvalue weighted by Gasteiger charge is -2.28. The van der Waals surface area contributed by atoms with Crippen molar-refractivity contribution in [3.05, 3.63) is 29.6 Å². The molecule has 2 N–H and O–H groups in total. The van der Waals surface area contributed by atoms with Gasteiger partial charge in [0.05, 0.1) is 5.69 Å². The van der Waals surface area contributed by atoms with E-state index in [0.717, 1.165) is 0 Å². The zero-order valence-corrected chi connectivity index (χ0v) is 12.2. The van der Waals surface area contributed by atoms with Crippen LogP contribution in [0.3, 0.4) is 0 Å². The number of pyridine rings is 1. The number of fused-ring (bicyclic) bond motifs is 1. The summed E-state index contributed by atoms with van der Waals surface area (Å²) in [5, 5.41) is 0. The molecule has 3 rings (SSSR count). The number of nitrogens with zero attached hydrogens (tertiary/aromatic N) is 2. The van der Waals surface area contributed by atoms with E-state index in [0.29, 0.717) is 0 Å². The van der Waals surface area contributed by atoms with Gasteiger partial charge in [0.2, 0.25) is 5.92 Å². The van der Waals surface area contributed by atoms with Crippen LogP contribution in [-0.4, -0.2) is 15.3 Å². The van der Waals surface area contributed by atoms with Gasteiger partial charge >= 0.3 is 6.18 Å². The molecule has 2 aromatic heterocycles. The lowest BCUT2D eigenvalue weighted by atomic mass is 9.83. The normalized spacial score (nSPS) is 19.3. The molecular weight excluding hydrogens is 317 g/mol. The first-order valence-electron chi connectivity index (χ1n) is 7.38. The average molecular weight is 333 g/mol. The Morgan fingerprint density at radius 2 is 1.87 bits per heavy atom. The van der Waals surface area contributed by atoms with Crippen LogP contribution in [0, 0.1) is 5.92 Å². The van der Waals surface area contributed by atoms with Gasteiger partial charge in [0, 0.05) is 12.8 Å². The molecule has 0 radical (unpaired) electrons. The van der Waals surface area contributed by atoms with Crippen LogP contribution in [0.5, 0.6) is 0 Å². The first kappa shape index (κ1) is 16.0. The topological polar surface area (TPSA) is 43.3 Å². The molecule has 8 heteroatoms. The van der Waals surface area contributed by atoms with E-state index in [-0.39, 0.29) is 55.2 Å². The predicted molar refractivity (Wildman–Crippen MR) is 75.2 cm³/mol. The number of nitrogen functional groups attached to an aromatic ring is 1. The van der Waals surface area contributed by atoms with Crippen LogP contribution in [0.1, 0.15) is 37.1 Å². The molecule has 1 aliphatic carbocycles. The van der Waals surface area contributed by atoms with Crippen molar-refractivity contribution in [1.29, 1.82) is 0 Å². The van der Waals surface area contributed by atoms with E-state index >= 15 is 0 Å². The highest BCUT2D eigenvalue weighted by Crippen LogP contribution is 2.40. The third kappa shape index (κ3) is 3.11. The number of imidazole rings is 1. The fourth-order valence-corrected chi connectivity index (χ4v) is 3.17. The Balaban J connectivity index is 1.99. The highest BCUT2D eigenvalue weighted by molar-refractivity contribution is 5.52. The minimum atomic E-state index is -4.60. The SMILES string of the molecule is Nc1cccc2nc(C(F)(F)F)c(CC3CCC(F)(F)CC3)n12. The maximum Gasteiger partial charge on any atom is 0.435 e. The van der Waals surface area contributed by atoms with Gasteiger partial charge in [-0.25, -0.2) is 13.8 Å². The van der Waals surface area contributed by atoms with Crippen molar-refractivity contribution < 1.29 is 22.0 Å². The molecule has 0 atom stereocenters. The number of anilines is 1. The first-order valence-corrected chi connectivity index (χ1v) is 7.38. The van der Waals surface area contributed by atoms with E-state index in [4.69, 9.17) is 5.73 Å². The van der Waals surface area contributed by atoms with Crippen molar-refractivity contribution >= 4 is 11.5 Å². The molecule has 2 heterocycles. The van der Waals surface area contributed by atoms with Gasteiger partial charge in [-0.3, -0.25) is 4.40 Å². The van der Waals surface area contributed by atoms with E-state index in [9.17, 15) is 22.0 Å². The molecule has 0 unspecified atom stereocenters. The Morgan fingerprint density at radius 3 is 2.48 bits per heavy atom. The van der Waals surface area contributed by atoms with Crippen LogP contribution >= 0.6 is 0 Å². The zero-order valence-electron chi connectivity index (χ0n) is 12.2. The van der Waals surface area contributed by atoms with Gasteiger partial charge in [0.15, 0.2) is 5.69 Å². The number of nitrogens with two attached hydrogens (primary N) is 1. The third-order valence-electron chi connectivity index (χ3n) is 4.36. The van der Waals surface area contributed by atoms with Crippen LogP contribution in [0.15, 0.2) is 18.2 Å². The lowest BCUT2D eigenvalue weighted by molar-refractivity contribution is -0.141. The van der Waals surface area contributed by atoms with Crippen LogP contribution in [0.25, 0.3) is 5.65 Å². The second-order valence-electron chi connectivity index (χ2n) is 6.05. The van der Waals surface area contributed by atoms with Gasteiger partial charge < -0.3 is 5.73 Å². The van der Waals surface area contributed by atoms with Crippen LogP contribution in [0.2, 0.25) is 0 Å². The summed E-state index contributed by atoms with van der Waals surface area (Å²) in [4.78, 5) is 3.65. The van der Waals surface area contributed by atoms with Gasteiger partial charge in [0.1, 0.15) is 11.5 Å². The van der Waals surface area contributed by atoms with Crippen LogP contribution in [0.4, 0.5) is 27.8 Å². The van der Waals surface area contributed by atoms with Gasteiger partial charge in [0.25, 0.3) is 0 Å². The highest BCUT2D eigenvalue weighted by Gasteiger charge is 2.40. The molecule has 0 bridgehead atoms. The van der Waals surface area contributed by atoms with E-state index in [1.807, 2.05) is 0 Å². The number of hydrogen-bond acceptors (Lipinski definition) is 2. The maximum atomic E-state index is 13.3. The van der Waals surface area contributed by atoms with Crippen molar-refractivity contribution in [1.82, 2.24) is 9.38 Å². The molecular formula is C15H16F5N3. The van der Waals surface area contributed by atoms with E-state index in [2.05, 4.69) is 4.98 Å². The number of rotatable bonds is 2. The quantitative estimate of drug-likeness (QED) is 0.833. The Bertz CT molecular complexity index is 710. The minimum Gasteiger partial charge on any atom is -0.385 e. The largest absolute Gasteiger partial charge is 0.435 e. The molecule has 1 aliphatic rings. The molecule has 126 valence electrons. The van der Waals surface area contributed by atoms with Gasteiger partial charge in [-0.1, -0.05) is 6.07 Å². The van der Waals surface area contributed by atoms with E-state index in [1.165, 1.54) is 22.6 Å². The Kier molecular flexibility index (Phi) is 3.72. The summed E-state index contributed by atoms with van der Waals surface area (Å²) < 4.78 is 67.5. The fraction of sp³-hybridized carbons (Fsp3) is 0.533. The standard InChI is InChI=1S/C15H16F5N3/c16-14(17)6-4-9(5-7-14)8-10-13(15(18,19)20)22-12-3-1-2-11(21)23(10)12/h1-3,9H,4-8,21H2. The molecule has 1 fully saturated rings. The van der Waals surface area contributed by atoms with Gasteiger partial charge in [-0.05, 0) is 37.3 Å². The molecule has 23 heavy (non-hydrogen) atoms. The summed E-state index contributed by atoms with van der Waals surface area (Å²) >= 11 is 0. The Labute approximate surface area is 129 Å². The second kappa shape index (κ2) is 5.35. The molecule has 1 saturated carbocycles. The summed E-state index contributed by atoms with van der Waals surface area (Å²) in [6.07, 6.45) is -4.74. The number of halogens is 5. The lowest BCUT2D eigenvalue weighted by Crippen LogP contribution is -2.26. The summed E-state index contributed by atoms with van der Waals surface area (Å²) in [7, 11) is 0. The Hall–Kier alpha value is -1.86. The first-order chi connectivity index (χ1) is 10.7. The second-order valence-corrected chi connectivity index (χ2v) is 6.05. The summed E-state index contributed by atoms with van der Waals surface area (Å²) in [6.45, 7) is 0. The smallest absolute Gasteiger partial charge is 0.385 e. The molecule has 0 spiro atoms. The highest BCUT2D eigenvalue weighted by atomic mass is 19.4. The van der Waals surface area contributed by atoms with Crippen molar-refractivity contribution in [2.75, 3.05) is 5.73 Å². The maximum absolute atomic E-state index is 13.3. The monoisotopic (exact) mass is 333 g/mol. The van der Waals surface area contributed by atoms with E-state index < -0.39 is 17.8 Å². The molecule has 0 aromatic carbocycles. The van der Waals surface area contributed by atoms with E-state index in [1.54, 1.807) is 0 Å². The third-order valence-corrected chi connectivity index (χ3v) is 4.36. The zero-order chi connectivity index (χ0) is 16.8. The number of aromatic nitrogens is 2. The van der Waals surface area contributed by atoms with Crippen molar-refractivity contribution in [3.8, 4) is 0 Å².